The van der Waals surface area contributed by atoms with Crippen molar-refractivity contribution in [3.8, 4) is 0 Å². The Morgan fingerprint density at radius 1 is 0.833 bits per heavy atom. The predicted octanol–water partition coefficient (Wildman–Crippen LogP) is 5.69. The Labute approximate surface area is 149 Å². The number of esters is 1. The summed E-state index contributed by atoms with van der Waals surface area (Å²) in [6.07, 6.45) is 23.7. The summed E-state index contributed by atoms with van der Waals surface area (Å²) >= 11 is 0. The first-order chi connectivity index (χ1) is 11.8. The maximum atomic E-state index is 11.4. The highest BCUT2D eigenvalue weighted by atomic mass is 16.5. The first-order valence-corrected chi connectivity index (χ1v) is 9.97. The largest absolute Gasteiger partial charge is 0.466 e. The molecule has 0 bridgehead atoms. The number of rotatable bonds is 17. The van der Waals surface area contributed by atoms with Gasteiger partial charge in [-0.1, -0.05) is 63.3 Å². The van der Waals surface area contributed by atoms with Crippen LogP contribution in [0.4, 0.5) is 0 Å². The fourth-order valence-electron chi connectivity index (χ4n) is 2.42. The zero-order valence-electron chi connectivity index (χ0n) is 15.8. The Balaban J connectivity index is 3.24. The minimum absolute atomic E-state index is 0.0749. The SMILES string of the molecule is CCCCC/C=C\C/C=C\CCCCCCCC(=O)OCCCN. The van der Waals surface area contributed by atoms with E-state index in [1.54, 1.807) is 0 Å². The van der Waals surface area contributed by atoms with Crippen molar-refractivity contribution in [3.63, 3.8) is 0 Å². The van der Waals surface area contributed by atoms with Gasteiger partial charge < -0.3 is 10.5 Å². The van der Waals surface area contributed by atoms with E-state index in [-0.39, 0.29) is 5.97 Å². The van der Waals surface area contributed by atoms with E-state index < -0.39 is 0 Å². The van der Waals surface area contributed by atoms with Gasteiger partial charge in [-0.05, 0) is 51.5 Å². The average Bonchev–Trinajstić information content (AvgIpc) is 2.58. The summed E-state index contributed by atoms with van der Waals surface area (Å²) in [7, 11) is 0. The summed E-state index contributed by atoms with van der Waals surface area (Å²) in [6.45, 7) is 3.29. The third kappa shape index (κ3) is 19.0. The van der Waals surface area contributed by atoms with E-state index in [1.165, 1.54) is 51.4 Å². The lowest BCUT2D eigenvalue weighted by Crippen LogP contribution is -2.09. The molecule has 0 fully saturated rings. The second-order valence-corrected chi connectivity index (χ2v) is 6.34. The summed E-state index contributed by atoms with van der Waals surface area (Å²) in [6, 6.07) is 0. The van der Waals surface area contributed by atoms with Crippen molar-refractivity contribution in [2.45, 2.75) is 90.4 Å². The smallest absolute Gasteiger partial charge is 0.305 e. The molecular formula is C21H39NO2. The van der Waals surface area contributed by atoms with Gasteiger partial charge in [-0.2, -0.15) is 0 Å². The van der Waals surface area contributed by atoms with E-state index in [0.29, 0.717) is 19.6 Å². The molecule has 24 heavy (non-hydrogen) atoms. The normalized spacial score (nSPS) is 11.6. The molecule has 0 aliphatic carbocycles. The molecule has 0 rings (SSSR count). The summed E-state index contributed by atoms with van der Waals surface area (Å²) in [5, 5.41) is 0. The molecule has 0 radical (unpaired) electrons. The van der Waals surface area contributed by atoms with Crippen LogP contribution in [0.2, 0.25) is 0 Å². The van der Waals surface area contributed by atoms with E-state index in [4.69, 9.17) is 10.5 Å². The molecule has 0 heterocycles. The van der Waals surface area contributed by atoms with Crippen molar-refractivity contribution in [3.05, 3.63) is 24.3 Å². The lowest BCUT2D eigenvalue weighted by molar-refractivity contribution is -0.143. The zero-order valence-corrected chi connectivity index (χ0v) is 15.8. The molecule has 0 amide bonds. The van der Waals surface area contributed by atoms with Gasteiger partial charge in [-0.15, -0.1) is 0 Å². The minimum Gasteiger partial charge on any atom is -0.466 e. The molecule has 0 saturated heterocycles. The number of carbonyl (C=O) groups is 1. The number of allylic oxidation sites excluding steroid dienone is 4. The fourth-order valence-corrected chi connectivity index (χ4v) is 2.42. The van der Waals surface area contributed by atoms with Crippen LogP contribution in [0.25, 0.3) is 0 Å². The van der Waals surface area contributed by atoms with Crippen LogP contribution in [-0.4, -0.2) is 19.1 Å². The highest BCUT2D eigenvalue weighted by Gasteiger charge is 2.01. The van der Waals surface area contributed by atoms with Crippen LogP contribution in [-0.2, 0) is 9.53 Å². The molecule has 0 aromatic heterocycles. The Hall–Kier alpha value is -1.09. The van der Waals surface area contributed by atoms with Crippen LogP contribution in [0, 0.1) is 0 Å². The van der Waals surface area contributed by atoms with E-state index in [2.05, 4.69) is 31.2 Å². The van der Waals surface area contributed by atoms with Gasteiger partial charge in [0.1, 0.15) is 0 Å². The summed E-state index contributed by atoms with van der Waals surface area (Å²) in [4.78, 5) is 11.4. The molecule has 0 aromatic carbocycles. The third-order valence-electron chi connectivity index (χ3n) is 3.94. The van der Waals surface area contributed by atoms with Gasteiger partial charge in [0.25, 0.3) is 0 Å². The number of carbonyl (C=O) groups excluding carboxylic acids is 1. The maximum absolute atomic E-state index is 11.4. The van der Waals surface area contributed by atoms with Gasteiger partial charge in [-0.3, -0.25) is 4.79 Å². The summed E-state index contributed by atoms with van der Waals surface area (Å²) in [5.41, 5.74) is 5.35. The van der Waals surface area contributed by atoms with Gasteiger partial charge in [0, 0.05) is 6.42 Å². The van der Waals surface area contributed by atoms with Crippen LogP contribution in [0.5, 0.6) is 0 Å². The van der Waals surface area contributed by atoms with Gasteiger partial charge in [0.15, 0.2) is 0 Å². The first kappa shape index (κ1) is 22.9. The van der Waals surface area contributed by atoms with Crippen molar-refractivity contribution in [1.82, 2.24) is 0 Å². The number of nitrogens with two attached hydrogens (primary N) is 1. The topological polar surface area (TPSA) is 52.3 Å². The van der Waals surface area contributed by atoms with Crippen molar-refractivity contribution in [2.24, 2.45) is 5.73 Å². The summed E-state index contributed by atoms with van der Waals surface area (Å²) < 4.78 is 5.07. The van der Waals surface area contributed by atoms with Crippen LogP contribution in [0.15, 0.2) is 24.3 Å². The first-order valence-electron chi connectivity index (χ1n) is 9.97. The van der Waals surface area contributed by atoms with Crippen molar-refractivity contribution < 1.29 is 9.53 Å². The lowest BCUT2D eigenvalue weighted by atomic mass is 10.1. The number of unbranched alkanes of at least 4 members (excludes halogenated alkanes) is 8. The molecule has 3 nitrogen and oxygen atoms in total. The Kier molecular flexibility index (Phi) is 19.0. The average molecular weight is 338 g/mol. The van der Waals surface area contributed by atoms with E-state index in [9.17, 15) is 4.79 Å². The second-order valence-electron chi connectivity index (χ2n) is 6.34. The molecular weight excluding hydrogens is 298 g/mol. The molecule has 2 N–H and O–H groups in total. The molecule has 3 heteroatoms. The standard InChI is InChI=1S/C21H39NO2/c1-2-3-4-5-6-7-8-9-10-11-12-13-14-15-16-18-21(23)24-20-17-19-22/h6-7,9-10H,2-5,8,11-20,22H2,1H3/b7-6-,10-9-. The van der Waals surface area contributed by atoms with Crippen LogP contribution >= 0.6 is 0 Å². The molecule has 0 aromatic rings. The van der Waals surface area contributed by atoms with Crippen molar-refractivity contribution >= 4 is 5.97 Å². The van der Waals surface area contributed by atoms with Crippen molar-refractivity contribution in [1.29, 1.82) is 0 Å². The lowest BCUT2D eigenvalue weighted by Gasteiger charge is -2.03. The molecule has 0 saturated carbocycles. The van der Waals surface area contributed by atoms with Gasteiger partial charge >= 0.3 is 5.97 Å². The molecule has 0 unspecified atom stereocenters. The van der Waals surface area contributed by atoms with E-state index in [1.807, 2.05) is 0 Å². The molecule has 0 spiro atoms. The van der Waals surface area contributed by atoms with Gasteiger partial charge in [0.05, 0.1) is 6.61 Å². The molecule has 140 valence electrons. The Bertz CT molecular complexity index is 324. The highest BCUT2D eigenvalue weighted by Crippen LogP contribution is 2.08. The quantitative estimate of drug-likeness (QED) is 0.211. The molecule has 0 atom stereocenters. The van der Waals surface area contributed by atoms with Crippen molar-refractivity contribution in [2.75, 3.05) is 13.2 Å². The molecule has 0 aliphatic heterocycles. The molecule has 0 aliphatic rings. The van der Waals surface area contributed by atoms with Crippen LogP contribution in [0.1, 0.15) is 90.4 Å². The Morgan fingerprint density at radius 2 is 1.46 bits per heavy atom. The fraction of sp³-hybridized carbons (Fsp3) is 0.762. The van der Waals surface area contributed by atoms with E-state index >= 15 is 0 Å². The Morgan fingerprint density at radius 3 is 2.12 bits per heavy atom. The monoisotopic (exact) mass is 337 g/mol. The van der Waals surface area contributed by atoms with Gasteiger partial charge in [-0.25, -0.2) is 0 Å². The maximum Gasteiger partial charge on any atom is 0.305 e. The zero-order chi connectivity index (χ0) is 17.7. The number of hydrogen-bond acceptors (Lipinski definition) is 3. The second kappa shape index (κ2) is 20.0. The highest BCUT2D eigenvalue weighted by molar-refractivity contribution is 5.69. The van der Waals surface area contributed by atoms with E-state index in [0.717, 1.165) is 25.7 Å². The van der Waals surface area contributed by atoms with Crippen LogP contribution < -0.4 is 5.73 Å². The number of hydrogen-bond donors (Lipinski definition) is 1. The predicted molar refractivity (Wildman–Crippen MR) is 104 cm³/mol. The van der Waals surface area contributed by atoms with Crippen LogP contribution in [0.3, 0.4) is 0 Å². The minimum atomic E-state index is -0.0749. The third-order valence-corrected chi connectivity index (χ3v) is 3.94. The number of ether oxygens (including phenoxy) is 1. The summed E-state index contributed by atoms with van der Waals surface area (Å²) in [5.74, 6) is -0.0749. The van der Waals surface area contributed by atoms with Gasteiger partial charge in [0.2, 0.25) is 0 Å².